The second kappa shape index (κ2) is 4.26. The number of nitrogens with one attached hydrogen (secondary N) is 1. The number of ketones is 1. The highest BCUT2D eigenvalue weighted by molar-refractivity contribution is 6.05. The van der Waals surface area contributed by atoms with E-state index in [2.05, 4.69) is 5.32 Å². The van der Waals surface area contributed by atoms with E-state index in [9.17, 15) is 9.59 Å². The van der Waals surface area contributed by atoms with Gasteiger partial charge in [-0.1, -0.05) is 18.2 Å². The lowest BCUT2D eigenvalue weighted by Gasteiger charge is -2.03. The molecule has 1 aromatic rings. The summed E-state index contributed by atoms with van der Waals surface area (Å²) in [5.41, 5.74) is 0.742. The topological polar surface area (TPSA) is 46.2 Å². The first kappa shape index (κ1) is 9.90. The number of Topliss-reactive ketones (excluding diaryl/α,β-unsaturated/α-hetero) is 1. The Morgan fingerprint density at radius 1 is 1.20 bits per heavy atom. The van der Waals surface area contributed by atoms with Gasteiger partial charge in [0.15, 0.2) is 0 Å². The van der Waals surface area contributed by atoms with Crippen molar-refractivity contribution < 1.29 is 9.59 Å². The van der Waals surface area contributed by atoms with E-state index in [4.69, 9.17) is 0 Å². The van der Waals surface area contributed by atoms with Gasteiger partial charge in [0.25, 0.3) is 0 Å². The summed E-state index contributed by atoms with van der Waals surface area (Å²) in [7, 11) is 0. The van der Waals surface area contributed by atoms with Gasteiger partial charge in [-0.25, -0.2) is 0 Å². The van der Waals surface area contributed by atoms with Crippen molar-refractivity contribution in [2.45, 2.75) is 19.3 Å². The van der Waals surface area contributed by atoms with Crippen LogP contribution in [0.15, 0.2) is 30.3 Å². The molecule has 1 amide bonds. The summed E-state index contributed by atoms with van der Waals surface area (Å²) in [5.74, 6) is 0.0213. The standard InChI is InChI=1S/C12H13NO2/c14-11(9-6-7-9)8-12(15)13-10-4-2-1-3-5-10/h1-5,9H,6-8H2,(H,13,15). The highest BCUT2D eigenvalue weighted by Crippen LogP contribution is 2.30. The fraction of sp³-hybridized carbons (Fsp3) is 0.333. The molecule has 2 rings (SSSR count). The van der Waals surface area contributed by atoms with Crippen molar-refractivity contribution in [2.24, 2.45) is 5.92 Å². The summed E-state index contributed by atoms with van der Waals surface area (Å²) in [6.07, 6.45) is 1.93. The lowest BCUT2D eigenvalue weighted by atomic mass is 10.2. The predicted molar refractivity (Wildman–Crippen MR) is 57.4 cm³/mol. The Morgan fingerprint density at radius 2 is 1.87 bits per heavy atom. The first-order valence-corrected chi connectivity index (χ1v) is 5.13. The van der Waals surface area contributed by atoms with Crippen molar-refractivity contribution in [3.8, 4) is 0 Å². The average Bonchev–Trinajstić information content (AvgIpc) is 3.01. The third-order valence-corrected chi connectivity index (χ3v) is 2.43. The van der Waals surface area contributed by atoms with Crippen molar-refractivity contribution in [1.29, 1.82) is 0 Å². The molecule has 0 saturated heterocycles. The molecule has 1 N–H and O–H groups in total. The summed E-state index contributed by atoms with van der Waals surface area (Å²) < 4.78 is 0. The average molecular weight is 203 g/mol. The SMILES string of the molecule is O=C(CC(=O)C1CC1)Nc1ccccc1. The van der Waals surface area contributed by atoms with E-state index >= 15 is 0 Å². The highest BCUT2D eigenvalue weighted by Gasteiger charge is 2.30. The number of hydrogen-bond acceptors (Lipinski definition) is 2. The third kappa shape index (κ3) is 2.91. The molecule has 1 fully saturated rings. The van der Waals surface area contributed by atoms with Crippen LogP contribution in [-0.2, 0) is 9.59 Å². The van der Waals surface area contributed by atoms with Gasteiger partial charge in [0.1, 0.15) is 5.78 Å². The summed E-state index contributed by atoms with van der Waals surface area (Å²) in [5, 5.41) is 2.70. The minimum Gasteiger partial charge on any atom is -0.326 e. The normalized spacial score (nSPS) is 14.7. The number of rotatable bonds is 4. The van der Waals surface area contributed by atoms with Crippen LogP contribution in [0.4, 0.5) is 5.69 Å². The molecule has 0 aliphatic heterocycles. The fourth-order valence-corrected chi connectivity index (χ4v) is 1.43. The number of para-hydroxylation sites is 1. The Bertz CT molecular complexity index is 368. The van der Waals surface area contributed by atoms with Gasteiger partial charge in [0.2, 0.25) is 5.91 Å². The van der Waals surface area contributed by atoms with Crippen LogP contribution in [0.5, 0.6) is 0 Å². The van der Waals surface area contributed by atoms with Crippen LogP contribution >= 0.6 is 0 Å². The molecule has 1 aliphatic rings. The molecule has 0 spiro atoms. The summed E-state index contributed by atoms with van der Waals surface area (Å²) >= 11 is 0. The van der Waals surface area contributed by atoms with E-state index in [-0.39, 0.29) is 24.0 Å². The molecule has 15 heavy (non-hydrogen) atoms. The van der Waals surface area contributed by atoms with Crippen molar-refractivity contribution >= 4 is 17.4 Å². The van der Waals surface area contributed by atoms with Crippen LogP contribution in [0.1, 0.15) is 19.3 Å². The molecule has 0 bridgehead atoms. The summed E-state index contributed by atoms with van der Waals surface area (Å²) in [6, 6.07) is 9.18. The van der Waals surface area contributed by atoms with Gasteiger partial charge in [-0.05, 0) is 25.0 Å². The maximum Gasteiger partial charge on any atom is 0.231 e. The lowest BCUT2D eigenvalue weighted by molar-refractivity contribution is -0.126. The Balaban J connectivity index is 1.84. The zero-order valence-corrected chi connectivity index (χ0v) is 8.40. The van der Waals surface area contributed by atoms with Crippen LogP contribution in [0.2, 0.25) is 0 Å². The van der Waals surface area contributed by atoms with Crippen LogP contribution in [0.3, 0.4) is 0 Å². The molecule has 3 nitrogen and oxygen atoms in total. The fourth-order valence-electron chi connectivity index (χ4n) is 1.43. The van der Waals surface area contributed by atoms with E-state index in [0.29, 0.717) is 0 Å². The monoisotopic (exact) mass is 203 g/mol. The summed E-state index contributed by atoms with van der Waals surface area (Å²) in [4.78, 5) is 22.8. The second-order valence-corrected chi connectivity index (χ2v) is 3.83. The Hall–Kier alpha value is -1.64. The van der Waals surface area contributed by atoms with E-state index in [1.165, 1.54) is 0 Å². The van der Waals surface area contributed by atoms with Crippen LogP contribution in [0.25, 0.3) is 0 Å². The number of benzene rings is 1. The largest absolute Gasteiger partial charge is 0.326 e. The molecule has 78 valence electrons. The number of carbonyl (C=O) groups excluding carboxylic acids is 2. The van der Waals surface area contributed by atoms with Crippen molar-refractivity contribution in [1.82, 2.24) is 0 Å². The molecule has 0 atom stereocenters. The molecule has 3 heteroatoms. The van der Waals surface area contributed by atoms with Gasteiger partial charge >= 0.3 is 0 Å². The van der Waals surface area contributed by atoms with E-state index in [0.717, 1.165) is 18.5 Å². The van der Waals surface area contributed by atoms with Crippen LogP contribution in [0, 0.1) is 5.92 Å². The Morgan fingerprint density at radius 3 is 2.47 bits per heavy atom. The first-order valence-electron chi connectivity index (χ1n) is 5.13. The van der Waals surface area contributed by atoms with Gasteiger partial charge in [0, 0.05) is 11.6 Å². The van der Waals surface area contributed by atoms with Crippen molar-refractivity contribution in [2.75, 3.05) is 5.32 Å². The molecule has 0 heterocycles. The van der Waals surface area contributed by atoms with Crippen molar-refractivity contribution in [3.63, 3.8) is 0 Å². The minimum atomic E-state index is -0.210. The molecule has 0 radical (unpaired) electrons. The van der Waals surface area contributed by atoms with Crippen LogP contribution < -0.4 is 5.32 Å². The molecule has 0 unspecified atom stereocenters. The molecule has 1 aliphatic carbocycles. The molecule has 0 aromatic heterocycles. The smallest absolute Gasteiger partial charge is 0.231 e. The van der Waals surface area contributed by atoms with Gasteiger partial charge < -0.3 is 5.32 Å². The zero-order chi connectivity index (χ0) is 10.7. The molecular formula is C12H13NO2. The highest BCUT2D eigenvalue weighted by atomic mass is 16.2. The van der Waals surface area contributed by atoms with Gasteiger partial charge in [-0.2, -0.15) is 0 Å². The van der Waals surface area contributed by atoms with E-state index in [1.807, 2.05) is 18.2 Å². The second-order valence-electron chi connectivity index (χ2n) is 3.83. The number of amides is 1. The third-order valence-electron chi connectivity index (χ3n) is 2.43. The Labute approximate surface area is 88.5 Å². The predicted octanol–water partition coefficient (Wildman–Crippen LogP) is 1.99. The maximum absolute atomic E-state index is 11.4. The minimum absolute atomic E-state index is 0.0135. The molecular weight excluding hydrogens is 190 g/mol. The number of carbonyl (C=O) groups is 2. The molecule has 1 saturated carbocycles. The Kier molecular flexibility index (Phi) is 2.81. The van der Waals surface area contributed by atoms with Crippen LogP contribution in [-0.4, -0.2) is 11.7 Å². The van der Waals surface area contributed by atoms with Crippen molar-refractivity contribution in [3.05, 3.63) is 30.3 Å². The first-order chi connectivity index (χ1) is 7.25. The molecule has 1 aromatic carbocycles. The zero-order valence-electron chi connectivity index (χ0n) is 8.40. The van der Waals surface area contributed by atoms with E-state index in [1.54, 1.807) is 12.1 Å². The number of anilines is 1. The van der Waals surface area contributed by atoms with Gasteiger partial charge in [-0.3, -0.25) is 9.59 Å². The van der Waals surface area contributed by atoms with E-state index < -0.39 is 0 Å². The maximum atomic E-state index is 11.4. The number of hydrogen-bond donors (Lipinski definition) is 1. The van der Waals surface area contributed by atoms with Gasteiger partial charge in [0.05, 0.1) is 6.42 Å². The van der Waals surface area contributed by atoms with Gasteiger partial charge in [-0.15, -0.1) is 0 Å². The quantitative estimate of drug-likeness (QED) is 0.761. The summed E-state index contributed by atoms with van der Waals surface area (Å²) in [6.45, 7) is 0. The lowest BCUT2D eigenvalue weighted by Crippen LogP contribution is -2.17.